The highest BCUT2D eigenvalue weighted by Gasteiger charge is 2.16. The van der Waals surface area contributed by atoms with Gasteiger partial charge in [-0.2, -0.15) is 0 Å². The standard InChI is InChI=1S/C19H24N2O3S/c1-21(2)18(16-9-5-4-6-10-16)13-20-19(22)17-11-7-8-15(12-17)14-25(3,23)24/h4-12,18H,13-14H2,1-3H3,(H,20,22). The second kappa shape index (κ2) is 8.27. The third kappa shape index (κ3) is 5.99. The topological polar surface area (TPSA) is 66.5 Å². The third-order valence-electron chi connectivity index (χ3n) is 3.88. The maximum absolute atomic E-state index is 12.4. The Labute approximate surface area is 149 Å². The summed E-state index contributed by atoms with van der Waals surface area (Å²) in [6.45, 7) is 0.464. The summed E-state index contributed by atoms with van der Waals surface area (Å²) in [5.74, 6) is -0.281. The average Bonchev–Trinajstić information content (AvgIpc) is 2.54. The summed E-state index contributed by atoms with van der Waals surface area (Å²) in [5, 5.41) is 2.94. The molecule has 1 N–H and O–H groups in total. The van der Waals surface area contributed by atoms with Crippen molar-refractivity contribution in [1.82, 2.24) is 10.2 Å². The van der Waals surface area contributed by atoms with Crippen molar-refractivity contribution >= 4 is 15.7 Å². The summed E-state index contributed by atoms with van der Waals surface area (Å²) in [4.78, 5) is 14.5. The SMILES string of the molecule is CN(C)C(CNC(=O)c1cccc(CS(C)(=O)=O)c1)c1ccccc1. The number of nitrogens with zero attached hydrogens (tertiary/aromatic N) is 1. The minimum absolute atomic E-state index is 0.0596. The molecular weight excluding hydrogens is 336 g/mol. The molecule has 0 fully saturated rings. The fourth-order valence-electron chi connectivity index (χ4n) is 2.67. The first-order valence-corrected chi connectivity index (χ1v) is 10.1. The molecule has 1 unspecified atom stereocenters. The molecule has 1 atom stereocenters. The smallest absolute Gasteiger partial charge is 0.251 e. The van der Waals surface area contributed by atoms with Gasteiger partial charge in [-0.25, -0.2) is 8.42 Å². The number of amides is 1. The van der Waals surface area contributed by atoms with Gasteiger partial charge in [0.1, 0.15) is 0 Å². The molecule has 0 aromatic heterocycles. The lowest BCUT2D eigenvalue weighted by molar-refractivity contribution is 0.0942. The maximum Gasteiger partial charge on any atom is 0.251 e. The number of benzene rings is 2. The average molecular weight is 360 g/mol. The molecule has 0 aliphatic carbocycles. The zero-order valence-electron chi connectivity index (χ0n) is 14.8. The molecule has 0 saturated carbocycles. The molecule has 0 aliphatic rings. The van der Waals surface area contributed by atoms with Crippen molar-refractivity contribution in [1.29, 1.82) is 0 Å². The first-order valence-electron chi connectivity index (χ1n) is 8.02. The molecule has 2 aromatic carbocycles. The molecule has 2 rings (SSSR count). The summed E-state index contributed by atoms with van der Waals surface area (Å²) in [5.41, 5.74) is 2.20. The van der Waals surface area contributed by atoms with Crippen molar-refractivity contribution in [2.24, 2.45) is 0 Å². The molecule has 0 bridgehead atoms. The van der Waals surface area contributed by atoms with Crippen LogP contribution < -0.4 is 5.32 Å². The molecule has 1 amide bonds. The predicted octanol–water partition coefficient (Wildman–Crippen LogP) is 2.26. The summed E-state index contributed by atoms with van der Waals surface area (Å²) in [6.07, 6.45) is 1.18. The highest BCUT2D eigenvalue weighted by molar-refractivity contribution is 7.89. The molecule has 6 heteroatoms. The van der Waals surface area contributed by atoms with E-state index in [1.54, 1.807) is 24.3 Å². The van der Waals surface area contributed by atoms with E-state index in [9.17, 15) is 13.2 Å². The van der Waals surface area contributed by atoms with Gasteiger partial charge < -0.3 is 10.2 Å². The van der Waals surface area contributed by atoms with Crippen LogP contribution in [-0.4, -0.2) is 46.1 Å². The largest absolute Gasteiger partial charge is 0.350 e. The minimum Gasteiger partial charge on any atom is -0.350 e. The van der Waals surface area contributed by atoms with Crippen LogP contribution in [0.25, 0.3) is 0 Å². The van der Waals surface area contributed by atoms with Crippen LogP contribution >= 0.6 is 0 Å². The van der Waals surface area contributed by atoms with E-state index in [-0.39, 0.29) is 17.7 Å². The predicted molar refractivity (Wildman–Crippen MR) is 100 cm³/mol. The summed E-state index contributed by atoms with van der Waals surface area (Å²) < 4.78 is 22.8. The number of sulfone groups is 1. The van der Waals surface area contributed by atoms with Gasteiger partial charge in [0.2, 0.25) is 0 Å². The van der Waals surface area contributed by atoms with Crippen LogP contribution in [0.2, 0.25) is 0 Å². The van der Waals surface area contributed by atoms with Gasteiger partial charge in [0.25, 0.3) is 5.91 Å². The van der Waals surface area contributed by atoms with E-state index < -0.39 is 9.84 Å². The first-order chi connectivity index (χ1) is 11.8. The number of likely N-dealkylation sites (N-methyl/N-ethyl adjacent to an activating group) is 1. The lowest BCUT2D eigenvalue weighted by Gasteiger charge is -2.25. The number of carbonyl (C=O) groups excluding carboxylic acids is 1. The Morgan fingerprint density at radius 3 is 2.36 bits per heavy atom. The highest BCUT2D eigenvalue weighted by atomic mass is 32.2. The van der Waals surface area contributed by atoms with Crippen molar-refractivity contribution in [3.8, 4) is 0 Å². The van der Waals surface area contributed by atoms with Crippen LogP contribution in [0.3, 0.4) is 0 Å². The number of hydrogen-bond acceptors (Lipinski definition) is 4. The van der Waals surface area contributed by atoms with E-state index in [0.717, 1.165) is 5.56 Å². The van der Waals surface area contributed by atoms with Crippen LogP contribution in [0, 0.1) is 0 Å². The molecule has 0 radical (unpaired) electrons. The van der Waals surface area contributed by atoms with E-state index in [0.29, 0.717) is 17.7 Å². The van der Waals surface area contributed by atoms with Gasteiger partial charge in [0.05, 0.1) is 11.8 Å². The highest BCUT2D eigenvalue weighted by Crippen LogP contribution is 2.17. The third-order valence-corrected chi connectivity index (χ3v) is 4.74. The normalized spacial score (nSPS) is 12.8. The fourth-order valence-corrected chi connectivity index (χ4v) is 3.46. The van der Waals surface area contributed by atoms with Crippen molar-refractivity contribution in [3.05, 3.63) is 71.3 Å². The minimum atomic E-state index is -3.13. The molecule has 0 saturated heterocycles. The molecular formula is C19H24N2O3S. The first kappa shape index (κ1) is 19.1. The number of nitrogens with one attached hydrogen (secondary N) is 1. The molecule has 134 valence electrons. The molecule has 0 spiro atoms. The Morgan fingerprint density at radius 1 is 1.08 bits per heavy atom. The van der Waals surface area contributed by atoms with E-state index in [4.69, 9.17) is 0 Å². The van der Waals surface area contributed by atoms with E-state index in [1.165, 1.54) is 6.26 Å². The van der Waals surface area contributed by atoms with Gasteiger partial charge >= 0.3 is 0 Å². The van der Waals surface area contributed by atoms with Crippen molar-refractivity contribution in [2.45, 2.75) is 11.8 Å². The van der Waals surface area contributed by atoms with Crippen molar-refractivity contribution in [2.75, 3.05) is 26.9 Å². The summed E-state index contributed by atoms with van der Waals surface area (Å²) >= 11 is 0. The van der Waals surface area contributed by atoms with Gasteiger partial charge in [0, 0.05) is 18.4 Å². The molecule has 2 aromatic rings. The second-order valence-electron chi connectivity index (χ2n) is 6.37. The van der Waals surface area contributed by atoms with Crippen molar-refractivity contribution < 1.29 is 13.2 Å². The summed E-state index contributed by atoms with van der Waals surface area (Å²) in [7, 11) is 0.807. The lowest BCUT2D eigenvalue weighted by Crippen LogP contribution is -2.34. The van der Waals surface area contributed by atoms with Crippen LogP contribution in [0.1, 0.15) is 27.5 Å². The zero-order chi connectivity index (χ0) is 18.4. The monoisotopic (exact) mass is 360 g/mol. The number of hydrogen-bond donors (Lipinski definition) is 1. The fraction of sp³-hybridized carbons (Fsp3) is 0.316. The van der Waals surface area contributed by atoms with Crippen LogP contribution in [0.5, 0.6) is 0 Å². The Bertz CT molecular complexity index is 818. The van der Waals surface area contributed by atoms with Gasteiger partial charge in [-0.05, 0) is 37.4 Å². The van der Waals surface area contributed by atoms with Gasteiger partial charge in [-0.3, -0.25) is 4.79 Å². The number of rotatable bonds is 7. The van der Waals surface area contributed by atoms with E-state index in [2.05, 4.69) is 10.2 Å². The Kier molecular flexibility index (Phi) is 6.33. The van der Waals surface area contributed by atoms with Gasteiger partial charge in [0.15, 0.2) is 9.84 Å². The lowest BCUT2D eigenvalue weighted by atomic mass is 10.1. The molecule has 5 nitrogen and oxygen atoms in total. The molecule has 25 heavy (non-hydrogen) atoms. The summed E-state index contributed by atoms with van der Waals surface area (Å²) in [6, 6.07) is 16.8. The Hall–Kier alpha value is -2.18. The maximum atomic E-state index is 12.4. The van der Waals surface area contributed by atoms with Crippen LogP contribution in [0.15, 0.2) is 54.6 Å². The van der Waals surface area contributed by atoms with Crippen LogP contribution in [0.4, 0.5) is 0 Å². The van der Waals surface area contributed by atoms with E-state index >= 15 is 0 Å². The second-order valence-corrected chi connectivity index (χ2v) is 8.51. The van der Waals surface area contributed by atoms with Crippen LogP contribution in [-0.2, 0) is 15.6 Å². The Balaban J connectivity index is 2.07. The zero-order valence-corrected chi connectivity index (χ0v) is 15.6. The quantitative estimate of drug-likeness (QED) is 0.822. The molecule has 0 aliphatic heterocycles. The molecule has 0 heterocycles. The Morgan fingerprint density at radius 2 is 1.76 bits per heavy atom. The van der Waals surface area contributed by atoms with Gasteiger partial charge in [-0.15, -0.1) is 0 Å². The number of carbonyl (C=O) groups is 1. The van der Waals surface area contributed by atoms with Gasteiger partial charge in [-0.1, -0.05) is 42.5 Å². The van der Waals surface area contributed by atoms with Crippen molar-refractivity contribution in [3.63, 3.8) is 0 Å². The van der Waals surface area contributed by atoms with E-state index in [1.807, 2.05) is 44.4 Å².